The number of nitrogens with one attached hydrogen (secondary N) is 2. The molecule has 0 aliphatic rings. The fraction of sp³-hybridized carbons (Fsp3) is 0.346. The predicted molar refractivity (Wildman–Crippen MR) is 142 cm³/mol. The van der Waals surface area contributed by atoms with Gasteiger partial charge in [-0.15, -0.1) is 0 Å². The van der Waals surface area contributed by atoms with Gasteiger partial charge in [0.1, 0.15) is 6.61 Å². The number of ether oxygens (including phenoxy) is 1. The highest BCUT2D eigenvalue weighted by Crippen LogP contribution is 2.18. The molecule has 0 bridgehead atoms. The SMILES string of the molecule is Cc1ccc(S(=O)(=O)N(CCCNC(=O)OCc2ccccc2)CCCc2c(C)nc(N)[nH]c2=O)cc1. The van der Waals surface area contributed by atoms with Crippen molar-refractivity contribution in [2.75, 3.05) is 25.4 Å². The van der Waals surface area contributed by atoms with Gasteiger partial charge >= 0.3 is 6.09 Å². The van der Waals surface area contributed by atoms with Gasteiger partial charge < -0.3 is 15.8 Å². The number of H-pyrrole nitrogens is 1. The molecule has 1 amide bonds. The van der Waals surface area contributed by atoms with Crippen molar-refractivity contribution < 1.29 is 17.9 Å². The van der Waals surface area contributed by atoms with E-state index < -0.39 is 16.1 Å². The molecule has 10 nitrogen and oxygen atoms in total. The first kappa shape index (κ1) is 27.9. The van der Waals surface area contributed by atoms with E-state index in [4.69, 9.17) is 10.5 Å². The van der Waals surface area contributed by atoms with Gasteiger partial charge in [0.25, 0.3) is 5.56 Å². The summed E-state index contributed by atoms with van der Waals surface area (Å²) in [6.45, 7) is 4.36. The minimum Gasteiger partial charge on any atom is -0.445 e. The minimum atomic E-state index is -3.78. The van der Waals surface area contributed by atoms with Gasteiger partial charge in [0.15, 0.2) is 0 Å². The predicted octanol–water partition coefficient (Wildman–Crippen LogP) is 2.91. The first-order valence-electron chi connectivity index (χ1n) is 12.0. The quantitative estimate of drug-likeness (QED) is 0.307. The molecular formula is C26H33N5O5S. The molecule has 0 atom stereocenters. The van der Waals surface area contributed by atoms with Crippen LogP contribution in [-0.2, 0) is 27.8 Å². The first-order chi connectivity index (χ1) is 17.7. The third kappa shape index (κ3) is 8.16. The molecule has 0 spiro atoms. The maximum atomic E-state index is 13.4. The van der Waals surface area contributed by atoms with Gasteiger partial charge in [-0.1, -0.05) is 48.0 Å². The summed E-state index contributed by atoms with van der Waals surface area (Å²) in [6, 6.07) is 16.0. The highest BCUT2D eigenvalue weighted by Gasteiger charge is 2.24. The molecule has 0 radical (unpaired) electrons. The molecule has 11 heteroatoms. The molecule has 2 aromatic carbocycles. The molecule has 0 aliphatic heterocycles. The van der Waals surface area contributed by atoms with Gasteiger partial charge in [0.2, 0.25) is 16.0 Å². The molecule has 0 aliphatic carbocycles. The number of aryl methyl sites for hydroxylation is 2. The molecule has 1 aromatic heterocycles. The smallest absolute Gasteiger partial charge is 0.407 e. The average Bonchev–Trinajstić information content (AvgIpc) is 2.86. The summed E-state index contributed by atoms with van der Waals surface area (Å²) < 4.78 is 33.3. The molecule has 0 fully saturated rings. The van der Waals surface area contributed by atoms with Gasteiger partial charge in [0, 0.05) is 30.9 Å². The number of nitrogen functional groups attached to an aromatic ring is 1. The number of carbonyl (C=O) groups is 1. The minimum absolute atomic E-state index is 0.0459. The van der Waals surface area contributed by atoms with E-state index in [1.807, 2.05) is 37.3 Å². The van der Waals surface area contributed by atoms with Gasteiger partial charge in [-0.3, -0.25) is 9.78 Å². The standard InChI is InChI=1S/C26H33N5O5S/c1-19-11-13-22(14-12-19)37(34,35)31(16-6-10-23-20(2)29-25(27)30-24(23)32)17-7-15-28-26(33)36-18-21-8-4-3-5-9-21/h3-5,8-9,11-14H,6-7,10,15-18H2,1-2H3,(H,28,33)(H3,27,29,30,32). The van der Waals surface area contributed by atoms with Crippen LogP contribution >= 0.6 is 0 Å². The number of benzene rings is 2. The Kier molecular flexibility index (Phi) is 9.81. The summed E-state index contributed by atoms with van der Waals surface area (Å²) in [7, 11) is -3.78. The number of aromatic amines is 1. The van der Waals surface area contributed by atoms with Crippen molar-refractivity contribution in [1.82, 2.24) is 19.6 Å². The van der Waals surface area contributed by atoms with Crippen molar-refractivity contribution in [3.05, 3.63) is 87.3 Å². The number of aromatic nitrogens is 2. The molecule has 0 unspecified atom stereocenters. The summed E-state index contributed by atoms with van der Waals surface area (Å²) in [5.74, 6) is 0.0459. The van der Waals surface area contributed by atoms with E-state index in [9.17, 15) is 18.0 Å². The molecule has 37 heavy (non-hydrogen) atoms. The maximum absolute atomic E-state index is 13.4. The molecule has 4 N–H and O–H groups in total. The molecule has 3 rings (SSSR count). The number of alkyl carbamates (subject to hydrolysis) is 1. The number of rotatable bonds is 12. The number of anilines is 1. The van der Waals surface area contributed by atoms with Crippen LogP contribution in [0.25, 0.3) is 0 Å². The highest BCUT2D eigenvalue weighted by molar-refractivity contribution is 7.89. The van der Waals surface area contributed by atoms with Crippen molar-refractivity contribution in [3.63, 3.8) is 0 Å². The Morgan fingerprint density at radius 3 is 2.41 bits per heavy atom. The number of nitrogens with zero attached hydrogens (tertiary/aromatic N) is 2. The van der Waals surface area contributed by atoms with Crippen LogP contribution in [-0.4, -0.2) is 48.4 Å². The third-order valence-corrected chi connectivity index (χ3v) is 7.71. The Labute approximate surface area is 216 Å². The van der Waals surface area contributed by atoms with Crippen LogP contribution in [0.2, 0.25) is 0 Å². The van der Waals surface area contributed by atoms with Gasteiger partial charge in [-0.05, 0) is 50.8 Å². The summed E-state index contributed by atoms with van der Waals surface area (Å²) in [5.41, 5.74) is 8.08. The van der Waals surface area contributed by atoms with Crippen LogP contribution in [0.3, 0.4) is 0 Å². The van der Waals surface area contributed by atoms with E-state index in [0.717, 1.165) is 11.1 Å². The molecule has 0 saturated heterocycles. The van der Waals surface area contributed by atoms with Gasteiger partial charge in [0.05, 0.1) is 4.90 Å². The number of carbonyl (C=O) groups excluding carboxylic acids is 1. The van der Waals surface area contributed by atoms with E-state index in [2.05, 4.69) is 15.3 Å². The lowest BCUT2D eigenvalue weighted by atomic mass is 10.1. The Balaban J connectivity index is 1.60. The van der Waals surface area contributed by atoms with Crippen molar-refractivity contribution in [2.24, 2.45) is 0 Å². The number of amides is 1. The van der Waals surface area contributed by atoms with Crippen molar-refractivity contribution in [2.45, 2.75) is 44.6 Å². The van der Waals surface area contributed by atoms with Crippen LogP contribution in [0.4, 0.5) is 10.7 Å². The van der Waals surface area contributed by atoms with Gasteiger partial charge in [-0.25, -0.2) is 18.2 Å². The van der Waals surface area contributed by atoms with Crippen LogP contribution in [0.5, 0.6) is 0 Å². The van der Waals surface area contributed by atoms with E-state index in [0.29, 0.717) is 30.5 Å². The van der Waals surface area contributed by atoms with E-state index in [1.54, 1.807) is 31.2 Å². The van der Waals surface area contributed by atoms with E-state index >= 15 is 0 Å². The zero-order chi connectivity index (χ0) is 26.8. The highest BCUT2D eigenvalue weighted by atomic mass is 32.2. The normalized spacial score (nSPS) is 11.4. The van der Waals surface area contributed by atoms with Crippen molar-refractivity contribution in [3.8, 4) is 0 Å². The monoisotopic (exact) mass is 527 g/mol. The summed E-state index contributed by atoms with van der Waals surface area (Å²) in [5, 5.41) is 2.66. The van der Waals surface area contributed by atoms with E-state index in [1.165, 1.54) is 4.31 Å². The molecule has 0 saturated carbocycles. The average molecular weight is 528 g/mol. The Bertz CT molecular complexity index is 1340. The lowest BCUT2D eigenvalue weighted by Gasteiger charge is -2.22. The largest absolute Gasteiger partial charge is 0.445 e. The molecule has 198 valence electrons. The zero-order valence-corrected chi connectivity index (χ0v) is 21.9. The van der Waals surface area contributed by atoms with Crippen molar-refractivity contribution in [1.29, 1.82) is 0 Å². The summed E-state index contributed by atoms with van der Waals surface area (Å²) in [6.07, 6.45) is 0.572. The molecule has 3 aromatic rings. The zero-order valence-electron chi connectivity index (χ0n) is 21.1. The Morgan fingerprint density at radius 2 is 1.73 bits per heavy atom. The number of sulfonamides is 1. The van der Waals surface area contributed by atoms with Crippen molar-refractivity contribution >= 4 is 22.1 Å². The maximum Gasteiger partial charge on any atom is 0.407 e. The lowest BCUT2D eigenvalue weighted by molar-refractivity contribution is 0.139. The molecular weight excluding hydrogens is 494 g/mol. The van der Waals surface area contributed by atoms with Gasteiger partial charge in [-0.2, -0.15) is 4.31 Å². The van der Waals surface area contributed by atoms with E-state index in [-0.39, 0.29) is 42.6 Å². The third-order valence-electron chi connectivity index (χ3n) is 5.80. The second-order valence-electron chi connectivity index (χ2n) is 8.68. The van der Waals surface area contributed by atoms with Crippen LogP contribution in [0.15, 0.2) is 64.3 Å². The number of nitrogens with two attached hydrogens (primary N) is 1. The topological polar surface area (TPSA) is 147 Å². The Morgan fingerprint density at radius 1 is 1.05 bits per heavy atom. The molecule has 1 heterocycles. The Hall–Kier alpha value is -3.70. The second kappa shape index (κ2) is 13.0. The first-order valence-corrected chi connectivity index (χ1v) is 13.5. The van der Waals surface area contributed by atoms with Crippen LogP contribution in [0.1, 0.15) is 35.2 Å². The number of hydrogen-bond donors (Lipinski definition) is 3. The summed E-state index contributed by atoms with van der Waals surface area (Å²) >= 11 is 0. The second-order valence-corrected chi connectivity index (χ2v) is 10.6. The fourth-order valence-corrected chi connectivity index (χ4v) is 5.31. The van der Waals surface area contributed by atoms with Crippen LogP contribution in [0, 0.1) is 13.8 Å². The number of hydrogen-bond acceptors (Lipinski definition) is 7. The lowest BCUT2D eigenvalue weighted by Crippen LogP contribution is -2.35. The van der Waals surface area contributed by atoms with Crippen LogP contribution < -0.4 is 16.6 Å². The summed E-state index contributed by atoms with van der Waals surface area (Å²) in [4.78, 5) is 31.0. The fourth-order valence-electron chi connectivity index (χ4n) is 3.79.